The van der Waals surface area contributed by atoms with Crippen LogP contribution in [0.2, 0.25) is 5.02 Å². The number of carboxylic acids is 1. The predicted molar refractivity (Wildman–Crippen MR) is 81.1 cm³/mol. The summed E-state index contributed by atoms with van der Waals surface area (Å²) in [7, 11) is 0. The quantitative estimate of drug-likeness (QED) is 0.859. The Morgan fingerprint density at radius 3 is 2.95 bits per heavy atom. The SMILES string of the molecule is CC1CN(C(=O)CSc2ccc(Cl)c(C(=O)O)c2)CCO1. The van der Waals surface area contributed by atoms with Gasteiger partial charge >= 0.3 is 5.97 Å². The standard InChI is InChI=1S/C14H16ClNO4S/c1-9-7-16(4-5-20-9)13(17)8-21-10-2-3-12(15)11(6-10)14(18)19/h2-3,6,9H,4-5,7-8H2,1H3,(H,18,19). The summed E-state index contributed by atoms with van der Waals surface area (Å²) in [4.78, 5) is 25.6. The molecule has 1 aromatic carbocycles. The Kier molecular flexibility index (Phi) is 5.50. The lowest BCUT2D eigenvalue weighted by molar-refractivity contribution is -0.135. The summed E-state index contributed by atoms with van der Waals surface area (Å²) in [6.07, 6.45) is 0.0573. The summed E-state index contributed by atoms with van der Waals surface area (Å²) in [5, 5.41) is 9.21. The first kappa shape index (κ1) is 16.1. The molecule has 0 radical (unpaired) electrons. The zero-order chi connectivity index (χ0) is 15.4. The lowest BCUT2D eigenvalue weighted by atomic mass is 10.2. The zero-order valence-electron chi connectivity index (χ0n) is 11.5. The van der Waals surface area contributed by atoms with Crippen LogP contribution in [-0.4, -0.2) is 53.4 Å². The van der Waals surface area contributed by atoms with E-state index >= 15 is 0 Å². The molecule has 0 bridgehead atoms. The van der Waals surface area contributed by atoms with Gasteiger partial charge in [0.15, 0.2) is 0 Å². The molecule has 0 aromatic heterocycles. The summed E-state index contributed by atoms with van der Waals surface area (Å²) in [6.45, 7) is 3.69. The average molecular weight is 330 g/mol. The molecule has 21 heavy (non-hydrogen) atoms. The molecule has 0 spiro atoms. The minimum Gasteiger partial charge on any atom is -0.478 e. The maximum absolute atomic E-state index is 12.1. The van der Waals surface area contributed by atoms with Crippen LogP contribution in [0.25, 0.3) is 0 Å². The van der Waals surface area contributed by atoms with Gasteiger partial charge in [0.2, 0.25) is 5.91 Å². The maximum Gasteiger partial charge on any atom is 0.337 e. The van der Waals surface area contributed by atoms with Crippen molar-refractivity contribution in [1.29, 1.82) is 0 Å². The van der Waals surface area contributed by atoms with Crippen LogP contribution in [0.1, 0.15) is 17.3 Å². The Bertz CT molecular complexity index is 552. The molecule has 1 atom stereocenters. The number of hydrogen-bond acceptors (Lipinski definition) is 4. The van der Waals surface area contributed by atoms with Gasteiger partial charge in [0.05, 0.1) is 29.0 Å². The smallest absolute Gasteiger partial charge is 0.337 e. The molecule has 1 saturated heterocycles. The van der Waals surface area contributed by atoms with Crippen molar-refractivity contribution in [1.82, 2.24) is 4.90 Å². The van der Waals surface area contributed by atoms with Gasteiger partial charge in [-0.1, -0.05) is 11.6 Å². The van der Waals surface area contributed by atoms with Crippen LogP contribution < -0.4 is 0 Å². The average Bonchev–Trinajstić information content (AvgIpc) is 2.45. The van der Waals surface area contributed by atoms with Gasteiger partial charge in [0.25, 0.3) is 0 Å². The number of amides is 1. The molecular formula is C14H16ClNO4S. The topological polar surface area (TPSA) is 66.8 Å². The molecule has 1 fully saturated rings. The molecule has 1 N–H and O–H groups in total. The molecule has 7 heteroatoms. The van der Waals surface area contributed by atoms with E-state index in [2.05, 4.69) is 0 Å². The minimum atomic E-state index is -1.07. The molecule has 1 amide bonds. The van der Waals surface area contributed by atoms with E-state index in [-0.39, 0.29) is 28.4 Å². The fourth-order valence-corrected chi connectivity index (χ4v) is 3.08. The van der Waals surface area contributed by atoms with Crippen molar-refractivity contribution in [2.24, 2.45) is 0 Å². The Morgan fingerprint density at radius 1 is 1.52 bits per heavy atom. The molecule has 0 aliphatic carbocycles. The Labute approximate surface area is 132 Å². The summed E-state index contributed by atoms with van der Waals surface area (Å²) in [6, 6.07) is 4.74. The number of ether oxygens (including phenoxy) is 1. The second-order valence-electron chi connectivity index (χ2n) is 4.76. The van der Waals surface area contributed by atoms with Crippen LogP contribution in [0.3, 0.4) is 0 Å². The van der Waals surface area contributed by atoms with Crippen LogP contribution in [0.15, 0.2) is 23.1 Å². The number of carbonyl (C=O) groups is 2. The third-order valence-corrected chi connectivity index (χ3v) is 4.43. The highest BCUT2D eigenvalue weighted by Crippen LogP contribution is 2.25. The lowest BCUT2D eigenvalue weighted by Crippen LogP contribution is -2.45. The monoisotopic (exact) mass is 329 g/mol. The molecule has 1 aliphatic heterocycles. The summed E-state index contributed by atoms with van der Waals surface area (Å²) >= 11 is 7.12. The Morgan fingerprint density at radius 2 is 2.29 bits per heavy atom. The number of carbonyl (C=O) groups excluding carboxylic acids is 1. The van der Waals surface area contributed by atoms with Gasteiger partial charge in [-0.3, -0.25) is 4.79 Å². The third-order valence-electron chi connectivity index (χ3n) is 3.12. The first-order valence-electron chi connectivity index (χ1n) is 6.52. The van der Waals surface area contributed by atoms with Crippen molar-refractivity contribution in [3.05, 3.63) is 28.8 Å². The van der Waals surface area contributed by atoms with Crippen LogP contribution in [0, 0.1) is 0 Å². The first-order chi connectivity index (χ1) is 9.97. The molecule has 1 aromatic rings. The van der Waals surface area contributed by atoms with Gasteiger partial charge in [-0.2, -0.15) is 0 Å². The maximum atomic E-state index is 12.1. The number of hydrogen-bond donors (Lipinski definition) is 1. The molecule has 1 aliphatic rings. The van der Waals surface area contributed by atoms with Crippen molar-refractivity contribution in [3.8, 4) is 0 Å². The van der Waals surface area contributed by atoms with Crippen molar-refractivity contribution in [2.45, 2.75) is 17.9 Å². The van der Waals surface area contributed by atoms with E-state index in [9.17, 15) is 9.59 Å². The second kappa shape index (κ2) is 7.15. The normalized spacial score (nSPS) is 18.6. The fraction of sp³-hybridized carbons (Fsp3) is 0.429. The van der Waals surface area contributed by atoms with Crippen molar-refractivity contribution < 1.29 is 19.4 Å². The number of rotatable bonds is 4. The van der Waals surface area contributed by atoms with Crippen LogP contribution in [0.4, 0.5) is 0 Å². The molecular weight excluding hydrogens is 314 g/mol. The van der Waals surface area contributed by atoms with E-state index in [1.165, 1.54) is 23.9 Å². The molecule has 114 valence electrons. The summed E-state index contributed by atoms with van der Waals surface area (Å²) in [5.74, 6) is -0.773. The first-order valence-corrected chi connectivity index (χ1v) is 7.88. The van der Waals surface area contributed by atoms with Crippen molar-refractivity contribution in [3.63, 3.8) is 0 Å². The Balaban J connectivity index is 1.95. The summed E-state index contributed by atoms with van der Waals surface area (Å²) < 4.78 is 5.40. The number of thioether (sulfide) groups is 1. The van der Waals surface area contributed by atoms with E-state index in [0.29, 0.717) is 24.6 Å². The van der Waals surface area contributed by atoms with Gasteiger partial charge in [0, 0.05) is 18.0 Å². The lowest BCUT2D eigenvalue weighted by Gasteiger charge is -2.31. The Hall–Kier alpha value is -1.24. The van der Waals surface area contributed by atoms with Crippen molar-refractivity contribution >= 4 is 35.2 Å². The third kappa shape index (κ3) is 4.36. The van der Waals surface area contributed by atoms with Gasteiger partial charge in [-0.25, -0.2) is 4.79 Å². The predicted octanol–water partition coefficient (Wildman–Crippen LogP) is 2.38. The second-order valence-corrected chi connectivity index (χ2v) is 6.21. The van der Waals surface area contributed by atoms with E-state index in [0.717, 1.165) is 0 Å². The number of aromatic carboxylic acids is 1. The molecule has 2 rings (SSSR count). The number of benzene rings is 1. The molecule has 5 nitrogen and oxygen atoms in total. The highest BCUT2D eigenvalue weighted by molar-refractivity contribution is 8.00. The largest absolute Gasteiger partial charge is 0.478 e. The highest BCUT2D eigenvalue weighted by Gasteiger charge is 2.21. The van der Waals surface area contributed by atoms with E-state index < -0.39 is 5.97 Å². The van der Waals surface area contributed by atoms with Gasteiger partial charge in [0.1, 0.15) is 0 Å². The molecule has 1 unspecified atom stereocenters. The van der Waals surface area contributed by atoms with E-state index in [1.807, 2.05) is 6.92 Å². The number of halogens is 1. The zero-order valence-corrected chi connectivity index (χ0v) is 13.1. The van der Waals surface area contributed by atoms with E-state index in [1.54, 1.807) is 11.0 Å². The summed E-state index contributed by atoms with van der Waals surface area (Å²) in [5.41, 5.74) is 0.0501. The van der Waals surface area contributed by atoms with Crippen molar-refractivity contribution in [2.75, 3.05) is 25.4 Å². The molecule has 0 saturated carbocycles. The molecule has 1 heterocycles. The van der Waals surface area contributed by atoms with Crippen LogP contribution in [-0.2, 0) is 9.53 Å². The number of morpholine rings is 1. The van der Waals surface area contributed by atoms with Gasteiger partial charge in [-0.05, 0) is 25.1 Å². The number of nitrogens with zero attached hydrogens (tertiary/aromatic N) is 1. The number of carboxylic acid groups (broad SMARTS) is 1. The van der Waals surface area contributed by atoms with Crippen LogP contribution >= 0.6 is 23.4 Å². The van der Waals surface area contributed by atoms with E-state index in [4.69, 9.17) is 21.4 Å². The van der Waals surface area contributed by atoms with Gasteiger partial charge in [-0.15, -0.1) is 11.8 Å². The van der Waals surface area contributed by atoms with Crippen LogP contribution in [0.5, 0.6) is 0 Å². The highest BCUT2D eigenvalue weighted by atomic mass is 35.5. The fourth-order valence-electron chi connectivity index (χ4n) is 2.04. The van der Waals surface area contributed by atoms with Gasteiger partial charge < -0.3 is 14.7 Å². The minimum absolute atomic E-state index is 0.0296.